The molecule has 0 aliphatic rings. The van der Waals surface area contributed by atoms with Gasteiger partial charge in [-0.2, -0.15) is 5.10 Å². The van der Waals surface area contributed by atoms with Gasteiger partial charge in [-0.1, -0.05) is 0 Å². The average molecular weight is 251 g/mol. The molecule has 1 heterocycles. The highest BCUT2D eigenvalue weighted by Gasteiger charge is 2.13. The molecule has 2 N–H and O–H groups in total. The largest absolute Gasteiger partial charge is 0.324 e. The molecule has 0 amide bonds. The maximum absolute atomic E-state index is 13.1. The first kappa shape index (κ1) is 12.7. The number of halogens is 2. The van der Waals surface area contributed by atoms with E-state index in [1.807, 2.05) is 20.2 Å². The Hall–Kier alpha value is -1.75. The van der Waals surface area contributed by atoms with E-state index in [1.54, 1.807) is 4.68 Å². The van der Waals surface area contributed by atoms with E-state index in [0.29, 0.717) is 12.0 Å². The van der Waals surface area contributed by atoms with Gasteiger partial charge in [-0.3, -0.25) is 4.68 Å². The first-order chi connectivity index (χ1) is 8.45. The molecule has 1 aromatic carbocycles. The van der Waals surface area contributed by atoms with Gasteiger partial charge in [-0.25, -0.2) is 8.78 Å². The van der Waals surface area contributed by atoms with E-state index in [0.717, 1.165) is 17.3 Å². The van der Waals surface area contributed by atoms with Gasteiger partial charge in [0.15, 0.2) is 0 Å². The van der Waals surface area contributed by atoms with Crippen molar-refractivity contribution in [2.75, 3.05) is 0 Å². The highest BCUT2D eigenvalue weighted by Crippen LogP contribution is 2.19. The molecule has 1 atom stereocenters. The third-order valence-electron chi connectivity index (χ3n) is 2.83. The number of rotatable bonds is 3. The van der Waals surface area contributed by atoms with Crippen molar-refractivity contribution < 1.29 is 8.78 Å². The Kier molecular flexibility index (Phi) is 3.43. The summed E-state index contributed by atoms with van der Waals surface area (Å²) in [5.41, 5.74) is 8.31. The molecule has 2 rings (SSSR count). The Bertz CT molecular complexity index is 543. The van der Waals surface area contributed by atoms with Crippen molar-refractivity contribution in [2.45, 2.75) is 19.4 Å². The maximum Gasteiger partial charge on any atom is 0.126 e. The van der Waals surface area contributed by atoms with Crippen molar-refractivity contribution in [2.24, 2.45) is 12.8 Å². The molecule has 0 radical (unpaired) electrons. The van der Waals surface area contributed by atoms with Crippen LogP contribution in [0.2, 0.25) is 0 Å². The third kappa shape index (κ3) is 2.73. The zero-order valence-electron chi connectivity index (χ0n) is 10.3. The molecule has 0 spiro atoms. The Morgan fingerprint density at radius 3 is 2.39 bits per heavy atom. The minimum Gasteiger partial charge on any atom is -0.324 e. The molecule has 0 saturated heterocycles. The highest BCUT2D eigenvalue weighted by atomic mass is 19.1. The van der Waals surface area contributed by atoms with E-state index in [-0.39, 0.29) is 6.04 Å². The summed E-state index contributed by atoms with van der Waals surface area (Å²) < 4.78 is 27.8. The zero-order valence-corrected chi connectivity index (χ0v) is 10.3. The summed E-state index contributed by atoms with van der Waals surface area (Å²) in [6.45, 7) is 1.86. The number of hydrogen-bond acceptors (Lipinski definition) is 2. The molecule has 5 heteroatoms. The van der Waals surface area contributed by atoms with Gasteiger partial charge in [0.2, 0.25) is 0 Å². The molecule has 0 aliphatic carbocycles. The van der Waals surface area contributed by atoms with Crippen molar-refractivity contribution >= 4 is 0 Å². The molecule has 2 aromatic rings. The highest BCUT2D eigenvalue weighted by molar-refractivity contribution is 5.25. The Morgan fingerprint density at radius 2 is 1.89 bits per heavy atom. The van der Waals surface area contributed by atoms with Crippen molar-refractivity contribution in [3.63, 3.8) is 0 Å². The van der Waals surface area contributed by atoms with Crippen LogP contribution in [0.3, 0.4) is 0 Å². The number of nitrogens with zero attached hydrogens (tertiary/aromatic N) is 2. The molecule has 3 nitrogen and oxygen atoms in total. The second-order valence-electron chi connectivity index (χ2n) is 4.43. The molecule has 0 saturated carbocycles. The third-order valence-corrected chi connectivity index (χ3v) is 2.83. The predicted molar refractivity (Wildman–Crippen MR) is 64.9 cm³/mol. The lowest BCUT2D eigenvalue weighted by atomic mass is 10.0. The second kappa shape index (κ2) is 4.86. The van der Waals surface area contributed by atoms with Gasteiger partial charge in [0.1, 0.15) is 11.6 Å². The van der Waals surface area contributed by atoms with Gasteiger partial charge >= 0.3 is 0 Å². The normalized spacial score (nSPS) is 12.7. The Balaban J connectivity index is 2.20. The molecule has 96 valence electrons. The number of aryl methyl sites for hydroxylation is 2. The van der Waals surface area contributed by atoms with Crippen molar-refractivity contribution in [3.05, 3.63) is 52.9 Å². The summed E-state index contributed by atoms with van der Waals surface area (Å²) in [5.74, 6) is -1.17. The van der Waals surface area contributed by atoms with Crippen LogP contribution in [0.25, 0.3) is 0 Å². The lowest BCUT2D eigenvalue weighted by molar-refractivity contribution is 0.576. The summed E-state index contributed by atoms with van der Waals surface area (Å²) in [6.07, 6.45) is 2.21. The second-order valence-corrected chi connectivity index (χ2v) is 4.43. The minimum absolute atomic E-state index is 0.320. The van der Waals surface area contributed by atoms with Gasteiger partial charge in [0, 0.05) is 30.9 Å². The minimum atomic E-state index is -0.583. The SMILES string of the molecule is Cc1nn(C)cc1C(N)Cc1cc(F)cc(F)c1. The molecule has 18 heavy (non-hydrogen) atoms. The van der Waals surface area contributed by atoms with Crippen LogP contribution in [0.4, 0.5) is 8.78 Å². The molecule has 1 aromatic heterocycles. The van der Waals surface area contributed by atoms with Crippen LogP contribution in [-0.2, 0) is 13.5 Å². The van der Waals surface area contributed by atoms with Crippen LogP contribution < -0.4 is 5.73 Å². The quantitative estimate of drug-likeness (QED) is 0.909. The number of nitrogens with two attached hydrogens (primary N) is 1. The summed E-state index contributed by atoms with van der Waals surface area (Å²) in [7, 11) is 1.81. The van der Waals surface area contributed by atoms with Crippen LogP contribution in [0, 0.1) is 18.6 Å². The van der Waals surface area contributed by atoms with Crippen molar-refractivity contribution in [3.8, 4) is 0 Å². The molecular weight excluding hydrogens is 236 g/mol. The molecule has 0 aliphatic heterocycles. The molecule has 1 unspecified atom stereocenters. The number of aromatic nitrogens is 2. The van der Waals surface area contributed by atoms with E-state index in [1.165, 1.54) is 12.1 Å². The average Bonchev–Trinajstić information content (AvgIpc) is 2.56. The summed E-state index contributed by atoms with van der Waals surface area (Å²) >= 11 is 0. The first-order valence-electron chi connectivity index (χ1n) is 5.66. The van der Waals surface area contributed by atoms with Crippen molar-refractivity contribution in [1.29, 1.82) is 0 Å². The Labute approximate surface area is 104 Å². The standard InChI is InChI=1S/C13H15F2N3/c1-8-12(7-18(2)17-8)13(16)5-9-3-10(14)6-11(15)4-9/h3-4,6-7,13H,5,16H2,1-2H3. The first-order valence-corrected chi connectivity index (χ1v) is 5.66. The van der Waals surface area contributed by atoms with Crippen LogP contribution >= 0.6 is 0 Å². The number of benzene rings is 1. The van der Waals surface area contributed by atoms with Gasteiger partial charge in [-0.15, -0.1) is 0 Å². The molecule has 0 bridgehead atoms. The Morgan fingerprint density at radius 1 is 1.28 bits per heavy atom. The smallest absolute Gasteiger partial charge is 0.126 e. The van der Waals surface area contributed by atoms with Crippen LogP contribution in [0.5, 0.6) is 0 Å². The summed E-state index contributed by atoms with van der Waals surface area (Å²) in [4.78, 5) is 0. The number of hydrogen-bond donors (Lipinski definition) is 1. The fourth-order valence-corrected chi connectivity index (χ4v) is 2.07. The van der Waals surface area contributed by atoms with E-state index in [4.69, 9.17) is 5.73 Å². The maximum atomic E-state index is 13.1. The zero-order chi connectivity index (χ0) is 13.3. The predicted octanol–water partition coefficient (Wildman–Crippen LogP) is 2.25. The molecular formula is C13H15F2N3. The van der Waals surface area contributed by atoms with Crippen molar-refractivity contribution in [1.82, 2.24) is 9.78 Å². The summed E-state index contributed by atoms with van der Waals surface area (Å²) in [5, 5.41) is 4.20. The van der Waals surface area contributed by atoms with E-state index in [9.17, 15) is 8.78 Å². The monoisotopic (exact) mass is 251 g/mol. The lowest BCUT2D eigenvalue weighted by Crippen LogP contribution is -2.14. The lowest BCUT2D eigenvalue weighted by Gasteiger charge is -2.11. The van der Waals surface area contributed by atoms with Crippen LogP contribution in [-0.4, -0.2) is 9.78 Å². The topological polar surface area (TPSA) is 43.8 Å². The van der Waals surface area contributed by atoms with E-state index >= 15 is 0 Å². The molecule has 0 fully saturated rings. The van der Waals surface area contributed by atoms with Crippen LogP contribution in [0.15, 0.2) is 24.4 Å². The van der Waals surface area contributed by atoms with Gasteiger partial charge < -0.3 is 5.73 Å². The van der Waals surface area contributed by atoms with E-state index < -0.39 is 11.6 Å². The van der Waals surface area contributed by atoms with Gasteiger partial charge in [0.05, 0.1) is 5.69 Å². The summed E-state index contributed by atoms with van der Waals surface area (Å²) in [6, 6.07) is 3.13. The van der Waals surface area contributed by atoms with Crippen LogP contribution in [0.1, 0.15) is 22.9 Å². The van der Waals surface area contributed by atoms with Gasteiger partial charge in [0.25, 0.3) is 0 Å². The van der Waals surface area contributed by atoms with E-state index in [2.05, 4.69) is 5.10 Å². The fourth-order valence-electron chi connectivity index (χ4n) is 2.07. The fraction of sp³-hybridized carbons (Fsp3) is 0.308. The van der Waals surface area contributed by atoms with Gasteiger partial charge in [-0.05, 0) is 31.0 Å².